The van der Waals surface area contributed by atoms with Crippen molar-refractivity contribution in [1.29, 1.82) is 0 Å². The lowest BCUT2D eigenvalue weighted by Crippen LogP contribution is -2.53. The predicted molar refractivity (Wildman–Crippen MR) is 150 cm³/mol. The first kappa shape index (κ1) is 33.4. The Morgan fingerprint density at radius 1 is 1.16 bits per heavy atom. The molecule has 3 aliphatic rings. The van der Waals surface area contributed by atoms with Gasteiger partial charge in [0.05, 0.1) is 47.4 Å². The molecule has 0 saturated carbocycles. The maximum Gasteiger partial charge on any atom is 0.335 e. The number of nitrogens with one attached hydrogen (secondary N) is 1. The number of carbonyl (C=O) groups excluding carboxylic acids is 4. The maximum atomic E-state index is 13.6. The van der Waals surface area contributed by atoms with Crippen LogP contribution in [0.3, 0.4) is 0 Å². The lowest BCUT2D eigenvalue weighted by molar-refractivity contribution is -0.247. The minimum atomic E-state index is -2.24. The second kappa shape index (κ2) is 12.8. The highest BCUT2D eigenvalue weighted by Crippen LogP contribution is 2.52. The van der Waals surface area contributed by atoms with E-state index in [2.05, 4.69) is 5.73 Å². The van der Waals surface area contributed by atoms with Gasteiger partial charge in [-0.2, -0.15) is 5.43 Å². The fourth-order valence-corrected chi connectivity index (χ4v) is 5.80. The SMILES string of the molecule is COc1cccc2c1C(=O)c1c(O)c3c(c(O)c1C2=O)C[C@@](O)(C(=O)CO)C[C@@H]3O[C@H]1C[C@H](N)[C@H](O)[C@H](C)O1.NC(=O)NN=O. The highest BCUT2D eigenvalue weighted by atomic mass is 16.7. The number of nitrogens with zero attached hydrogens (tertiary/aromatic N) is 1. The van der Waals surface area contributed by atoms with Gasteiger partial charge in [0.1, 0.15) is 29.5 Å². The largest absolute Gasteiger partial charge is 0.507 e. The average Bonchev–Trinajstić information content (AvgIpc) is 2.99. The van der Waals surface area contributed by atoms with E-state index in [0.29, 0.717) is 0 Å². The number of nitrogens with two attached hydrogens (primary N) is 2. The number of urea groups is 1. The van der Waals surface area contributed by atoms with E-state index in [1.807, 2.05) is 5.29 Å². The first-order valence-corrected chi connectivity index (χ1v) is 13.6. The van der Waals surface area contributed by atoms with Crippen LogP contribution >= 0.6 is 0 Å². The summed E-state index contributed by atoms with van der Waals surface area (Å²) in [4.78, 5) is 58.1. The first-order chi connectivity index (χ1) is 21.2. The van der Waals surface area contributed by atoms with Crippen LogP contribution in [0.4, 0.5) is 4.79 Å². The standard InChI is InChI=1S/C27H29NO11.CH3N3O2/c1-10-22(31)13(28)6-17(38-10)39-15-8-27(36,16(30)9-29)7-12-19(15)26(35)21-20(24(12)33)23(32)11-4-3-5-14(37-2)18(11)25(21)34;2-1(5)3-4-6/h3-5,10,13,15,17,22,29,31,33,35-36H,6-9,28H2,1-2H3;(H3,2,3,5,6)/t10-,13-,15-,17-,22+,27-;/m0./s1. The third-order valence-electron chi connectivity index (χ3n) is 7.96. The summed E-state index contributed by atoms with van der Waals surface area (Å²) in [6.45, 7) is 0.560. The Kier molecular flexibility index (Phi) is 9.52. The van der Waals surface area contributed by atoms with E-state index < -0.39 is 102 Å². The Balaban J connectivity index is 0.000000700. The van der Waals surface area contributed by atoms with Crippen LogP contribution in [0.5, 0.6) is 17.2 Å². The van der Waals surface area contributed by atoms with Crippen LogP contribution in [0, 0.1) is 4.91 Å². The number of phenolic OH excluding ortho intramolecular Hbond substituents is 2. The van der Waals surface area contributed by atoms with Crippen molar-refractivity contribution >= 4 is 23.4 Å². The molecule has 2 aliphatic carbocycles. The summed E-state index contributed by atoms with van der Waals surface area (Å²) in [6, 6.07) is 2.70. The summed E-state index contributed by atoms with van der Waals surface area (Å²) < 4.78 is 17.0. The van der Waals surface area contributed by atoms with Gasteiger partial charge in [-0.3, -0.25) is 14.4 Å². The van der Waals surface area contributed by atoms with Gasteiger partial charge in [-0.15, -0.1) is 4.91 Å². The van der Waals surface area contributed by atoms with Crippen molar-refractivity contribution in [2.75, 3.05) is 13.7 Å². The van der Waals surface area contributed by atoms with Crippen LogP contribution in [0.15, 0.2) is 23.5 Å². The highest BCUT2D eigenvalue weighted by Gasteiger charge is 2.50. The van der Waals surface area contributed by atoms with Crippen LogP contribution in [0.1, 0.15) is 68.8 Å². The number of phenols is 2. The number of ether oxygens (including phenoxy) is 3. The summed E-state index contributed by atoms with van der Waals surface area (Å²) in [5, 5.41) is 55.7. The van der Waals surface area contributed by atoms with Crippen molar-refractivity contribution in [3.8, 4) is 17.2 Å². The number of benzene rings is 2. The van der Waals surface area contributed by atoms with Crippen molar-refractivity contribution in [3.05, 3.63) is 56.5 Å². The normalized spacial score (nSPS) is 26.8. The number of primary amides is 1. The Morgan fingerprint density at radius 3 is 2.38 bits per heavy atom. The number of carbonyl (C=O) groups is 4. The van der Waals surface area contributed by atoms with Gasteiger partial charge in [0.25, 0.3) is 0 Å². The first-order valence-electron chi connectivity index (χ1n) is 13.6. The molecular formula is C28H32N4O13. The van der Waals surface area contributed by atoms with E-state index in [1.54, 1.807) is 6.92 Å². The van der Waals surface area contributed by atoms with Gasteiger partial charge in [-0.1, -0.05) is 12.1 Å². The van der Waals surface area contributed by atoms with E-state index in [1.165, 1.54) is 30.7 Å². The summed E-state index contributed by atoms with van der Waals surface area (Å²) in [5.74, 6) is -3.77. The fourth-order valence-electron chi connectivity index (χ4n) is 5.80. The van der Waals surface area contributed by atoms with Gasteiger partial charge < -0.3 is 51.2 Å². The zero-order valence-electron chi connectivity index (χ0n) is 24.1. The molecule has 0 aromatic heterocycles. The molecule has 45 heavy (non-hydrogen) atoms. The molecule has 2 aromatic rings. The molecule has 17 nitrogen and oxygen atoms in total. The third-order valence-corrected chi connectivity index (χ3v) is 7.96. The summed E-state index contributed by atoms with van der Waals surface area (Å²) in [7, 11) is 1.32. The molecule has 1 saturated heterocycles. The van der Waals surface area contributed by atoms with Gasteiger partial charge in [0.2, 0.25) is 5.78 Å². The molecule has 0 spiro atoms. The molecule has 1 fully saturated rings. The number of aliphatic hydroxyl groups excluding tert-OH is 2. The Labute approximate surface area is 254 Å². The van der Waals surface area contributed by atoms with Crippen molar-refractivity contribution in [3.63, 3.8) is 0 Å². The number of aliphatic hydroxyl groups is 3. The topological polar surface area (TPSA) is 291 Å². The summed E-state index contributed by atoms with van der Waals surface area (Å²) in [5.41, 5.74) is 8.15. The zero-order chi connectivity index (χ0) is 33.4. The number of amides is 2. The number of methoxy groups -OCH3 is 1. The monoisotopic (exact) mass is 632 g/mol. The van der Waals surface area contributed by atoms with Gasteiger partial charge in [0, 0.05) is 42.0 Å². The lowest BCUT2D eigenvalue weighted by Gasteiger charge is -2.42. The van der Waals surface area contributed by atoms with Gasteiger partial charge in [-0.25, -0.2) is 4.79 Å². The summed E-state index contributed by atoms with van der Waals surface area (Å²) >= 11 is 0. The molecule has 1 aliphatic heterocycles. The fraction of sp³-hybridized carbons (Fsp3) is 0.429. The van der Waals surface area contributed by atoms with Gasteiger partial charge >= 0.3 is 6.03 Å². The summed E-state index contributed by atoms with van der Waals surface area (Å²) in [6.07, 6.45) is -5.12. The van der Waals surface area contributed by atoms with Crippen LogP contribution in [-0.2, 0) is 20.7 Å². The Morgan fingerprint density at radius 2 is 1.82 bits per heavy atom. The number of ketones is 3. The molecule has 2 aromatic carbocycles. The molecule has 0 radical (unpaired) electrons. The minimum Gasteiger partial charge on any atom is -0.507 e. The Bertz CT molecular complexity index is 1550. The zero-order valence-corrected chi connectivity index (χ0v) is 24.1. The number of hydrogen-bond donors (Lipinski definition) is 8. The molecule has 10 N–H and O–H groups in total. The lowest BCUT2D eigenvalue weighted by atomic mass is 9.72. The number of fused-ring (bicyclic) bond motifs is 3. The number of aromatic hydroxyl groups is 2. The van der Waals surface area contributed by atoms with Crippen molar-refractivity contribution in [2.45, 2.75) is 62.4 Å². The molecular weight excluding hydrogens is 600 g/mol. The maximum absolute atomic E-state index is 13.6. The van der Waals surface area contributed by atoms with Crippen LogP contribution in [-0.4, -0.2) is 92.8 Å². The highest BCUT2D eigenvalue weighted by molar-refractivity contribution is 6.31. The molecule has 0 bridgehead atoms. The molecule has 242 valence electrons. The van der Waals surface area contributed by atoms with Crippen LogP contribution in [0.25, 0.3) is 0 Å². The smallest absolute Gasteiger partial charge is 0.335 e. The van der Waals surface area contributed by atoms with Crippen molar-refractivity contribution in [1.82, 2.24) is 5.43 Å². The molecule has 1 heterocycles. The van der Waals surface area contributed by atoms with E-state index in [9.17, 15) is 44.7 Å². The van der Waals surface area contributed by atoms with Gasteiger partial charge in [-0.05, 0) is 13.0 Å². The molecule has 2 amide bonds. The van der Waals surface area contributed by atoms with Crippen LogP contribution in [0.2, 0.25) is 0 Å². The number of hydrogen-bond acceptors (Lipinski definition) is 15. The average molecular weight is 633 g/mol. The minimum absolute atomic E-state index is 0.0173. The number of Topliss-reactive ketones (excluding diaryl/α,β-unsaturated/α-hetero) is 1. The molecule has 17 heteroatoms. The van der Waals surface area contributed by atoms with Crippen molar-refractivity contribution < 1.29 is 58.9 Å². The molecule has 0 unspecified atom stereocenters. The van der Waals surface area contributed by atoms with Crippen LogP contribution < -0.4 is 21.6 Å². The molecule has 5 rings (SSSR count). The molecule has 6 atom stereocenters. The predicted octanol–water partition coefficient (Wildman–Crippen LogP) is -0.663. The third kappa shape index (κ3) is 5.96. The van der Waals surface area contributed by atoms with E-state index in [-0.39, 0.29) is 34.4 Å². The quantitative estimate of drug-likeness (QED) is 0.0951. The number of nitroso groups, excluding NO2 is 1. The second-order valence-electron chi connectivity index (χ2n) is 10.7. The Hall–Kier alpha value is -4.52. The van der Waals surface area contributed by atoms with E-state index >= 15 is 0 Å². The van der Waals surface area contributed by atoms with Crippen molar-refractivity contribution in [2.24, 2.45) is 16.8 Å². The second-order valence-corrected chi connectivity index (χ2v) is 10.7. The number of rotatable bonds is 6. The van der Waals surface area contributed by atoms with E-state index in [0.717, 1.165) is 0 Å². The van der Waals surface area contributed by atoms with Gasteiger partial charge in [0.15, 0.2) is 17.9 Å². The van der Waals surface area contributed by atoms with E-state index in [4.69, 9.17) is 24.9 Å².